The van der Waals surface area contributed by atoms with Crippen molar-refractivity contribution < 1.29 is 4.79 Å². The number of carbonyl (C=O) groups excluding carboxylic acids is 1. The van der Waals surface area contributed by atoms with E-state index in [-0.39, 0.29) is 11.8 Å². The van der Waals surface area contributed by atoms with Crippen molar-refractivity contribution in [2.45, 2.75) is 45.6 Å². The van der Waals surface area contributed by atoms with E-state index >= 15 is 0 Å². The molecule has 1 saturated heterocycles. The molecule has 0 aromatic heterocycles. The number of piperidine rings is 1. The van der Waals surface area contributed by atoms with E-state index < -0.39 is 0 Å². The fourth-order valence-corrected chi connectivity index (χ4v) is 2.75. The summed E-state index contributed by atoms with van der Waals surface area (Å²) in [5, 5.41) is 0. The summed E-state index contributed by atoms with van der Waals surface area (Å²) in [6.07, 6.45) is 4.22. The summed E-state index contributed by atoms with van der Waals surface area (Å²) in [7, 11) is 1.95. The molecule has 1 aliphatic rings. The van der Waals surface area contributed by atoms with Crippen LogP contribution in [-0.4, -0.2) is 55.0 Å². The van der Waals surface area contributed by atoms with Gasteiger partial charge in [0.25, 0.3) is 0 Å². The van der Waals surface area contributed by atoms with Crippen LogP contribution in [0.15, 0.2) is 0 Å². The highest BCUT2D eigenvalue weighted by Crippen LogP contribution is 2.18. The lowest BCUT2D eigenvalue weighted by Gasteiger charge is -2.37. The highest BCUT2D eigenvalue weighted by atomic mass is 16.2. The smallest absolute Gasteiger partial charge is 0.225 e. The second-order valence-electron chi connectivity index (χ2n) is 5.50. The number of carbonyl (C=O) groups is 1. The number of likely N-dealkylation sites (tertiary alicyclic amines) is 1. The third-order valence-electron chi connectivity index (χ3n) is 4.01. The van der Waals surface area contributed by atoms with Crippen molar-refractivity contribution >= 4 is 5.91 Å². The molecule has 1 rings (SSSR count). The number of hydrogen-bond donors (Lipinski definition) is 1. The summed E-state index contributed by atoms with van der Waals surface area (Å²) in [6, 6.07) is 0.422. The fourth-order valence-electron chi connectivity index (χ4n) is 2.75. The summed E-state index contributed by atoms with van der Waals surface area (Å²) in [4.78, 5) is 16.7. The summed E-state index contributed by atoms with van der Waals surface area (Å²) in [5.41, 5.74) is 5.52. The Morgan fingerprint density at radius 2 is 2.06 bits per heavy atom. The molecule has 1 amide bonds. The molecule has 0 radical (unpaired) electrons. The molecule has 18 heavy (non-hydrogen) atoms. The molecule has 106 valence electrons. The Kier molecular flexibility index (Phi) is 6.65. The SMILES string of the molecule is CCCN1CCC(N(C)C(=O)C(C)CCN)CC1. The van der Waals surface area contributed by atoms with E-state index in [4.69, 9.17) is 5.73 Å². The first-order valence-corrected chi connectivity index (χ1v) is 7.29. The number of amides is 1. The monoisotopic (exact) mass is 255 g/mol. The van der Waals surface area contributed by atoms with Gasteiger partial charge >= 0.3 is 0 Å². The van der Waals surface area contributed by atoms with Crippen molar-refractivity contribution in [3.63, 3.8) is 0 Å². The highest BCUT2D eigenvalue weighted by Gasteiger charge is 2.27. The minimum absolute atomic E-state index is 0.0636. The molecule has 1 aliphatic heterocycles. The fraction of sp³-hybridized carbons (Fsp3) is 0.929. The summed E-state index contributed by atoms with van der Waals surface area (Å²) < 4.78 is 0. The predicted octanol–water partition coefficient (Wildman–Crippen LogP) is 1.30. The zero-order valence-electron chi connectivity index (χ0n) is 12.2. The van der Waals surface area contributed by atoms with E-state index in [2.05, 4.69) is 11.8 Å². The maximum atomic E-state index is 12.2. The molecule has 2 N–H and O–H groups in total. The van der Waals surface area contributed by atoms with Crippen LogP contribution >= 0.6 is 0 Å². The van der Waals surface area contributed by atoms with Gasteiger partial charge in [-0.1, -0.05) is 13.8 Å². The molecule has 0 aromatic carbocycles. The van der Waals surface area contributed by atoms with Crippen LogP contribution in [0.25, 0.3) is 0 Å². The molecule has 0 aliphatic carbocycles. The third-order valence-corrected chi connectivity index (χ3v) is 4.01. The van der Waals surface area contributed by atoms with Crippen molar-refractivity contribution in [2.75, 3.05) is 33.2 Å². The van der Waals surface area contributed by atoms with Crippen molar-refractivity contribution in [3.8, 4) is 0 Å². The molecule has 1 unspecified atom stereocenters. The van der Waals surface area contributed by atoms with Gasteiger partial charge < -0.3 is 15.5 Å². The molecule has 0 aromatic rings. The standard InChI is InChI=1S/C14H29N3O/c1-4-9-17-10-6-13(7-11-17)16(3)14(18)12(2)5-8-15/h12-13H,4-11,15H2,1-3H3. The number of hydrogen-bond acceptors (Lipinski definition) is 3. The van der Waals surface area contributed by atoms with Crippen LogP contribution in [0, 0.1) is 5.92 Å². The summed E-state index contributed by atoms with van der Waals surface area (Å²) in [6.45, 7) is 8.24. The number of nitrogens with two attached hydrogens (primary N) is 1. The molecule has 0 spiro atoms. The minimum atomic E-state index is 0.0636. The Labute approximate surface area is 111 Å². The van der Waals surface area contributed by atoms with E-state index in [0.717, 1.165) is 32.4 Å². The molecule has 1 heterocycles. The Morgan fingerprint density at radius 3 is 2.56 bits per heavy atom. The Hall–Kier alpha value is -0.610. The number of rotatable bonds is 6. The molecular weight excluding hydrogens is 226 g/mol. The third kappa shape index (κ3) is 4.25. The Morgan fingerprint density at radius 1 is 1.44 bits per heavy atom. The van der Waals surface area contributed by atoms with Crippen molar-refractivity contribution in [2.24, 2.45) is 11.7 Å². The molecule has 0 bridgehead atoms. The molecular formula is C14H29N3O. The average Bonchev–Trinajstić information content (AvgIpc) is 2.38. The lowest BCUT2D eigenvalue weighted by atomic mass is 10.00. The van der Waals surface area contributed by atoms with Gasteiger partial charge in [-0.05, 0) is 38.8 Å². The molecule has 0 saturated carbocycles. The van der Waals surface area contributed by atoms with Gasteiger partial charge in [0.15, 0.2) is 0 Å². The Bertz CT molecular complexity index is 249. The lowest BCUT2D eigenvalue weighted by molar-refractivity contribution is -0.136. The van der Waals surface area contributed by atoms with E-state index in [0.29, 0.717) is 12.6 Å². The van der Waals surface area contributed by atoms with Gasteiger partial charge in [0.05, 0.1) is 0 Å². The topological polar surface area (TPSA) is 49.6 Å². The van der Waals surface area contributed by atoms with Gasteiger partial charge in [-0.2, -0.15) is 0 Å². The second-order valence-corrected chi connectivity index (χ2v) is 5.50. The van der Waals surface area contributed by atoms with Crippen LogP contribution < -0.4 is 5.73 Å². The first kappa shape index (κ1) is 15.4. The van der Waals surface area contributed by atoms with E-state index in [1.807, 2.05) is 18.9 Å². The van der Waals surface area contributed by atoms with Crippen molar-refractivity contribution in [1.82, 2.24) is 9.80 Å². The van der Waals surface area contributed by atoms with E-state index in [9.17, 15) is 4.79 Å². The summed E-state index contributed by atoms with van der Waals surface area (Å²) in [5.74, 6) is 0.322. The normalized spacial score (nSPS) is 19.8. The van der Waals surface area contributed by atoms with Crippen LogP contribution in [0.5, 0.6) is 0 Å². The zero-order chi connectivity index (χ0) is 13.5. The Balaban J connectivity index is 2.39. The van der Waals surface area contributed by atoms with Gasteiger partial charge in [-0.3, -0.25) is 4.79 Å². The van der Waals surface area contributed by atoms with E-state index in [1.54, 1.807) is 0 Å². The van der Waals surface area contributed by atoms with Gasteiger partial charge in [0.2, 0.25) is 5.91 Å². The number of nitrogens with zero attached hydrogens (tertiary/aromatic N) is 2. The van der Waals surface area contributed by atoms with Gasteiger partial charge in [0, 0.05) is 32.1 Å². The lowest BCUT2D eigenvalue weighted by Crippen LogP contribution is -2.47. The van der Waals surface area contributed by atoms with Gasteiger partial charge in [0.1, 0.15) is 0 Å². The van der Waals surface area contributed by atoms with Crippen molar-refractivity contribution in [1.29, 1.82) is 0 Å². The molecule has 1 atom stereocenters. The first-order valence-electron chi connectivity index (χ1n) is 7.29. The molecule has 4 nitrogen and oxygen atoms in total. The van der Waals surface area contributed by atoms with Crippen LogP contribution in [0.2, 0.25) is 0 Å². The maximum Gasteiger partial charge on any atom is 0.225 e. The van der Waals surface area contributed by atoms with Crippen LogP contribution in [0.1, 0.15) is 39.5 Å². The average molecular weight is 255 g/mol. The quantitative estimate of drug-likeness (QED) is 0.778. The van der Waals surface area contributed by atoms with Gasteiger partial charge in [-0.15, -0.1) is 0 Å². The largest absolute Gasteiger partial charge is 0.342 e. The molecule has 1 fully saturated rings. The van der Waals surface area contributed by atoms with Crippen molar-refractivity contribution in [3.05, 3.63) is 0 Å². The van der Waals surface area contributed by atoms with Crippen LogP contribution in [-0.2, 0) is 4.79 Å². The first-order chi connectivity index (χ1) is 8.60. The van der Waals surface area contributed by atoms with Gasteiger partial charge in [-0.25, -0.2) is 0 Å². The highest BCUT2D eigenvalue weighted by molar-refractivity contribution is 5.78. The maximum absolute atomic E-state index is 12.2. The van der Waals surface area contributed by atoms with Crippen LogP contribution in [0.3, 0.4) is 0 Å². The summed E-state index contributed by atoms with van der Waals surface area (Å²) >= 11 is 0. The minimum Gasteiger partial charge on any atom is -0.342 e. The zero-order valence-corrected chi connectivity index (χ0v) is 12.2. The van der Waals surface area contributed by atoms with E-state index in [1.165, 1.54) is 13.0 Å². The second kappa shape index (κ2) is 7.74. The predicted molar refractivity (Wildman–Crippen MR) is 75.4 cm³/mol. The molecule has 4 heteroatoms. The van der Waals surface area contributed by atoms with Crippen LogP contribution in [0.4, 0.5) is 0 Å².